The van der Waals surface area contributed by atoms with Gasteiger partial charge in [0.25, 0.3) is 5.91 Å². The average Bonchev–Trinajstić information content (AvgIpc) is 3.17. The molecule has 8 heteroatoms. The number of ether oxygens (including phenoxy) is 1. The van der Waals surface area contributed by atoms with E-state index < -0.39 is 5.97 Å². The molecule has 4 rings (SSSR count). The highest BCUT2D eigenvalue weighted by Crippen LogP contribution is 2.25. The number of esters is 1. The molecule has 1 atom stereocenters. The molecule has 35 heavy (non-hydrogen) atoms. The van der Waals surface area contributed by atoms with Gasteiger partial charge in [-0.1, -0.05) is 18.2 Å². The number of benzene rings is 1. The molecule has 0 radical (unpaired) electrons. The molecule has 2 aromatic rings. The number of carbonyl (C=O) groups excluding carboxylic acids is 3. The van der Waals surface area contributed by atoms with Gasteiger partial charge in [-0.05, 0) is 58.2 Å². The van der Waals surface area contributed by atoms with Crippen LogP contribution in [0.4, 0.5) is 5.69 Å². The first-order valence-electron chi connectivity index (χ1n) is 12.5. The summed E-state index contributed by atoms with van der Waals surface area (Å²) in [5.74, 6) is -0.652. The molecule has 0 unspecified atom stereocenters. The highest BCUT2D eigenvalue weighted by Gasteiger charge is 2.34. The third-order valence-corrected chi connectivity index (χ3v) is 6.97. The second kappa shape index (κ2) is 10.5. The maximum Gasteiger partial charge on any atom is 0.340 e. The molecule has 3 heterocycles. The van der Waals surface area contributed by atoms with Gasteiger partial charge in [0.1, 0.15) is 5.69 Å². The Labute approximate surface area is 207 Å². The van der Waals surface area contributed by atoms with Crippen molar-refractivity contribution in [2.24, 2.45) is 5.92 Å². The molecule has 8 nitrogen and oxygen atoms in total. The number of rotatable bonds is 5. The molecule has 2 aliphatic rings. The first-order chi connectivity index (χ1) is 16.8. The summed E-state index contributed by atoms with van der Waals surface area (Å²) in [6.07, 6.45) is 1.34. The van der Waals surface area contributed by atoms with Gasteiger partial charge in [0.2, 0.25) is 5.91 Å². The summed E-state index contributed by atoms with van der Waals surface area (Å²) in [4.78, 5) is 48.3. The summed E-state index contributed by atoms with van der Waals surface area (Å²) >= 11 is 0. The molecule has 2 saturated heterocycles. The number of nitrogens with zero attached hydrogens (tertiary/aromatic N) is 3. The summed E-state index contributed by atoms with van der Waals surface area (Å²) in [6, 6.07) is 10.3. The van der Waals surface area contributed by atoms with Gasteiger partial charge in [0.15, 0.2) is 0 Å². The van der Waals surface area contributed by atoms with Gasteiger partial charge in [-0.15, -0.1) is 0 Å². The number of aryl methyl sites for hydroxylation is 1. The number of H-pyrrole nitrogens is 1. The number of aromatic nitrogens is 1. The van der Waals surface area contributed by atoms with Crippen LogP contribution < -0.4 is 4.90 Å². The summed E-state index contributed by atoms with van der Waals surface area (Å²) in [6.45, 7) is 11.1. The normalized spacial score (nSPS) is 18.7. The van der Waals surface area contributed by atoms with Crippen LogP contribution in [0.2, 0.25) is 0 Å². The van der Waals surface area contributed by atoms with Crippen LogP contribution in [0.3, 0.4) is 0 Å². The maximum absolute atomic E-state index is 13.4. The van der Waals surface area contributed by atoms with Crippen molar-refractivity contribution in [3.63, 3.8) is 0 Å². The lowest BCUT2D eigenvalue weighted by Gasteiger charge is -2.39. The lowest BCUT2D eigenvalue weighted by molar-refractivity contribution is -0.137. The molecule has 0 aliphatic carbocycles. The van der Waals surface area contributed by atoms with Crippen LogP contribution in [0.1, 0.15) is 58.8 Å². The maximum atomic E-state index is 13.4. The molecule has 0 spiro atoms. The summed E-state index contributed by atoms with van der Waals surface area (Å²) in [5.41, 5.74) is 3.23. The number of aromatic amines is 1. The molecule has 1 aromatic carbocycles. The van der Waals surface area contributed by atoms with Gasteiger partial charge in [0, 0.05) is 50.6 Å². The topological polar surface area (TPSA) is 86.0 Å². The zero-order valence-corrected chi connectivity index (χ0v) is 21.2. The first kappa shape index (κ1) is 24.8. The third-order valence-electron chi connectivity index (χ3n) is 6.97. The number of anilines is 1. The number of hydrogen-bond acceptors (Lipinski definition) is 5. The number of hydrogen-bond donors (Lipinski definition) is 1. The van der Waals surface area contributed by atoms with Crippen molar-refractivity contribution >= 4 is 23.5 Å². The van der Waals surface area contributed by atoms with E-state index in [1.54, 1.807) is 32.6 Å². The largest absolute Gasteiger partial charge is 0.459 e. The second-order valence-electron chi connectivity index (χ2n) is 9.82. The van der Waals surface area contributed by atoms with E-state index in [1.807, 2.05) is 23.1 Å². The van der Waals surface area contributed by atoms with Crippen LogP contribution in [0.15, 0.2) is 30.3 Å². The van der Waals surface area contributed by atoms with Crippen molar-refractivity contribution < 1.29 is 19.1 Å². The Morgan fingerprint density at radius 3 is 2.31 bits per heavy atom. The second-order valence-corrected chi connectivity index (χ2v) is 9.82. The average molecular weight is 481 g/mol. The fourth-order valence-electron chi connectivity index (χ4n) is 5.15. The lowest BCUT2D eigenvalue weighted by Crippen LogP contribution is -2.53. The van der Waals surface area contributed by atoms with Crippen LogP contribution in [0.5, 0.6) is 0 Å². The predicted octanol–water partition coefficient (Wildman–Crippen LogP) is 3.40. The highest BCUT2D eigenvalue weighted by molar-refractivity contribution is 6.00. The van der Waals surface area contributed by atoms with Crippen molar-refractivity contribution in [2.45, 2.75) is 46.6 Å². The van der Waals surface area contributed by atoms with Gasteiger partial charge >= 0.3 is 5.97 Å². The lowest BCUT2D eigenvalue weighted by atomic mass is 9.95. The van der Waals surface area contributed by atoms with Crippen molar-refractivity contribution in [2.75, 3.05) is 44.2 Å². The van der Waals surface area contributed by atoms with Gasteiger partial charge < -0.3 is 24.4 Å². The quantitative estimate of drug-likeness (QED) is 0.663. The van der Waals surface area contributed by atoms with E-state index in [1.165, 1.54) is 5.69 Å². The van der Waals surface area contributed by atoms with Crippen LogP contribution in [-0.4, -0.2) is 77.9 Å². The number of para-hydroxylation sites is 1. The predicted molar refractivity (Wildman–Crippen MR) is 135 cm³/mol. The Hall–Kier alpha value is -3.29. The van der Waals surface area contributed by atoms with Crippen molar-refractivity contribution in [3.8, 4) is 0 Å². The Morgan fingerprint density at radius 1 is 0.971 bits per heavy atom. The number of piperazine rings is 1. The minimum Gasteiger partial charge on any atom is -0.459 e. The number of nitrogens with one attached hydrogen (secondary N) is 1. The Morgan fingerprint density at radius 2 is 1.66 bits per heavy atom. The van der Waals surface area contributed by atoms with Crippen LogP contribution in [-0.2, 0) is 9.53 Å². The zero-order valence-electron chi connectivity index (χ0n) is 21.2. The summed E-state index contributed by atoms with van der Waals surface area (Å²) < 4.78 is 5.35. The van der Waals surface area contributed by atoms with E-state index >= 15 is 0 Å². The SMILES string of the molecule is Cc1[nH]c(C(=O)N2CCC[C@@H](C(=O)N3CCN(c4ccccc4)CC3)C2)c(C)c1C(=O)OC(C)C. The van der Waals surface area contributed by atoms with Crippen molar-refractivity contribution in [1.29, 1.82) is 0 Å². The number of likely N-dealkylation sites (tertiary alicyclic amines) is 1. The molecule has 1 N–H and O–H groups in total. The molecular formula is C27H36N4O4. The third kappa shape index (κ3) is 5.36. The van der Waals surface area contributed by atoms with Gasteiger partial charge in [-0.25, -0.2) is 4.79 Å². The monoisotopic (exact) mass is 480 g/mol. The summed E-state index contributed by atoms with van der Waals surface area (Å²) in [7, 11) is 0. The van der Waals surface area contributed by atoms with Gasteiger partial charge in [-0.2, -0.15) is 0 Å². The van der Waals surface area contributed by atoms with Crippen LogP contribution in [0.25, 0.3) is 0 Å². The van der Waals surface area contributed by atoms with E-state index in [-0.39, 0.29) is 23.8 Å². The van der Waals surface area contributed by atoms with E-state index in [0.717, 1.165) is 25.9 Å². The van der Waals surface area contributed by atoms with E-state index in [2.05, 4.69) is 22.0 Å². The van der Waals surface area contributed by atoms with E-state index in [4.69, 9.17) is 4.74 Å². The molecule has 1 aromatic heterocycles. The summed E-state index contributed by atoms with van der Waals surface area (Å²) in [5, 5.41) is 0. The zero-order chi connectivity index (χ0) is 25.1. The molecule has 188 valence electrons. The van der Waals surface area contributed by atoms with Crippen molar-refractivity contribution in [1.82, 2.24) is 14.8 Å². The molecule has 2 fully saturated rings. The Bertz CT molecular complexity index is 1070. The molecule has 2 aliphatic heterocycles. The van der Waals surface area contributed by atoms with Gasteiger partial charge in [-0.3, -0.25) is 9.59 Å². The van der Waals surface area contributed by atoms with Crippen molar-refractivity contribution in [3.05, 3.63) is 52.8 Å². The standard InChI is InChI=1S/C27H36N4O4/c1-18(2)35-27(34)23-19(3)24(28-20(23)4)26(33)31-12-8-9-21(17-31)25(32)30-15-13-29(14-16-30)22-10-6-5-7-11-22/h5-7,10-11,18,21,28H,8-9,12-17H2,1-4H3/t21-/m1/s1. The number of amides is 2. The minimum absolute atomic E-state index is 0.135. The first-order valence-corrected chi connectivity index (χ1v) is 12.5. The fourth-order valence-corrected chi connectivity index (χ4v) is 5.15. The number of carbonyl (C=O) groups is 3. The van der Waals surface area contributed by atoms with E-state index in [9.17, 15) is 14.4 Å². The highest BCUT2D eigenvalue weighted by atomic mass is 16.5. The Balaban J connectivity index is 1.39. The molecule has 0 bridgehead atoms. The van der Waals surface area contributed by atoms with Crippen LogP contribution in [0, 0.1) is 19.8 Å². The fraction of sp³-hybridized carbons (Fsp3) is 0.519. The van der Waals surface area contributed by atoms with Crippen LogP contribution >= 0.6 is 0 Å². The van der Waals surface area contributed by atoms with Gasteiger partial charge in [0.05, 0.1) is 17.6 Å². The smallest absolute Gasteiger partial charge is 0.340 e. The Kier molecular flexibility index (Phi) is 7.48. The molecule has 2 amide bonds. The van der Waals surface area contributed by atoms with E-state index in [0.29, 0.717) is 48.7 Å². The molecular weight excluding hydrogens is 444 g/mol. The molecule has 0 saturated carbocycles. The number of piperidine rings is 1. The minimum atomic E-state index is -0.424.